The van der Waals surface area contributed by atoms with Crippen LogP contribution >= 0.6 is 0 Å². The molecule has 0 aliphatic heterocycles. The molecule has 4 heteroatoms. The summed E-state index contributed by atoms with van der Waals surface area (Å²) in [5.41, 5.74) is 1.64. The molecule has 0 fully saturated rings. The Bertz CT molecular complexity index is 548. The largest absolute Gasteiger partial charge is 0.396 e. The summed E-state index contributed by atoms with van der Waals surface area (Å²) in [5.74, 6) is 0.271. The topological polar surface area (TPSA) is 65.1 Å². The summed E-state index contributed by atoms with van der Waals surface area (Å²) in [6.45, 7) is 2.84. The van der Waals surface area contributed by atoms with Crippen LogP contribution in [0.3, 0.4) is 0 Å². The van der Waals surface area contributed by atoms with E-state index in [-0.39, 0.29) is 12.5 Å². The van der Waals surface area contributed by atoms with Gasteiger partial charge in [-0.2, -0.15) is 0 Å². The predicted octanol–water partition coefficient (Wildman–Crippen LogP) is 2.31. The average Bonchev–Trinajstić information content (AvgIpc) is 2.87. The van der Waals surface area contributed by atoms with Gasteiger partial charge in [0, 0.05) is 30.3 Å². The fourth-order valence-corrected chi connectivity index (χ4v) is 2.22. The lowest BCUT2D eigenvalue weighted by Gasteiger charge is -2.13. The van der Waals surface area contributed by atoms with Crippen LogP contribution in [0.25, 0.3) is 10.9 Å². The first kappa shape index (κ1) is 13.6. The second kappa shape index (κ2) is 6.38. The van der Waals surface area contributed by atoms with E-state index in [0.717, 1.165) is 23.7 Å². The van der Waals surface area contributed by atoms with Gasteiger partial charge < -0.3 is 15.4 Å². The van der Waals surface area contributed by atoms with Crippen LogP contribution in [-0.2, 0) is 0 Å². The third-order valence-corrected chi connectivity index (χ3v) is 3.50. The summed E-state index contributed by atoms with van der Waals surface area (Å²) in [6, 6.07) is 7.75. The molecule has 0 radical (unpaired) electrons. The molecule has 0 saturated carbocycles. The molecule has 1 amide bonds. The molecule has 1 unspecified atom stereocenters. The molecule has 2 rings (SSSR count). The van der Waals surface area contributed by atoms with Crippen molar-refractivity contribution in [2.24, 2.45) is 5.92 Å². The van der Waals surface area contributed by atoms with Crippen molar-refractivity contribution in [2.75, 3.05) is 13.2 Å². The van der Waals surface area contributed by atoms with Gasteiger partial charge in [-0.05, 0) is 18.4 Å². The predicted molar refractivity (Wildman–Crippen MR) is 76.1 cm³/mol. The molecule has 102 valence electrons. The van der Waals surface area contributed by atoms with Gasteiger partial charge in [-0.3, -0.25) is 4.79 Å². The Kier molecular flexibility index (Phi) is 4.58. The van der Waals surface area contributed by atoms with Crippen LogP contribution in [0.4, 0.5) is 0 Å². The lowest BCUT2D eigenvalue weighted by atomic mass is 10.0. The van der Waals surface area contributed by atoms with Gasteiger partial charge in [0.25, 0.3) is 5.91 Å². The minimum absolute atomic E-state index is 0.0613. The molecule has 0 spiro atoms. The van der Waals surface area contributed by atoms with Crippen molar-refractivity contribution >= 4 is 16.8 Å². The molecule has 4 nitrogen and oxygen atoms in total. The Morgan fingerprint density at radius 1 is 1.42 bits per heavy atom. The van der Waals surface area contributed by atoms with Crippen LogP contribution in [0, 0.1) is 5.92 Å². The Morgan fingerprint density at radius 3 is 2.95 bits per heavy atom. The number of aromatic nitrogens is 1. The highest BCUT2D eigenvalue weighted by molar-refractivity contribution is 6.06. The Labute approximate surface area is 112 Å². The molecule has 0 aliphatic carbocycles. The molecule has 0 bridgehead atoms. The van der Waals surface area contributed by atoms with Crippen molar-refractivity contribution in [2.45, 2.75) is 19.8 Å². The van der Waals surface area contributed by atoms with Crippen molar-refractivity contribution in [1.82, 2.24) is 10.3 Å². The number of aliphatic hydroxyl groups is 1. The third kappa shape index (κ3) is 3.15. The van der Waals surface area contributed by atoms with E-state index in [4.69, 9.17) is 5.11 Å². The van der Waals surface area contributed by atoms with Gasteiger partial charge in [0.05, 0.1) is 5.56 Å². The summed E-state index contributed by atoms with van der Waals surface area (Å²) in [4.78, 5) is 15.2. The summed E-state index contributed by atoms with van der Waals surface area (Å²) >= 11 is 0. The molecular weight excluding hydrogens is 240 g/mol. The highest BCUT2D eigenvalue weighted by atomic mass is 16.3. The summed E-state index contributed by atoms with van der Waals surface area (Å²) in [7, 11) is 0. The molecule has 0 saturated heterocycles. The number of aromatic amines is 1. The zero-order valence-electron chi connectivity index (χ0n) is 11.1. The van der Waals surface area contributed by atoms with E-state index in [2.05, 4.69) is 17.2 Å². The number of carbonyl (C=O) groups is 1. The van der Waals surface area contributed by atoms with Crippen LogP contribution in [0.2, 0.25) is 0 Å². The van der Waals surface area contributed by atoms with E-state index < -0.39 is 0 Å². The molecule has 1 aromatic heterocycles. The highest BCUT2D eigenvalue weighted by Gasteiger charge is 2.13. The maximum Gasteiger partial charge on any atom is 0.253 e. The molecule has 2 aromatic rings. The van der Waals surface area contributed by atoms with Gasteiger partial charge in [0.1, 0.15) is 0 Å². The van der Waals surface area contributed by atoms with E-state index in [1.807, 2.05) is 24.3 Å². The van der Waals surface area contributed by atoms with E-state index >= 15 is 0 Å². The number of H-pyrrole nitrogens is 1. The standard InChI is InChI=1S/C15H20N2O2/c1-2-11(7-8-18)9-17-15(19)13-10-16-14-6-4-3-5-12(13)14/h3-6,10-11,16,18H,2,7-9H2,1H3,(H,17,19). The minimum atomic E-state index is -0.0613. The lowest BCUT2D eigenvalue weighted by molar-refractivity contribution is 0.0945. The summed E-state index contributed by atoms with van der Waals surface area (Å²) in [5, 5.41) is 12.8. The summed E-state index contributed by atoms with van der Waals surface area (Å²) in [6.07, 6.45) is 3.42. The number of hydrogen-bond donors (Lipinski definition) is 3. The van der Waals surface area contributed by atoms with Gasteiger partial charge in [0.2, 0.25) is 0 Å². The van der Waals surface area contributed by atoms with Crippen LogP contribution in [-0.4, -0.2) is 29.1 Å². The van der Waals surface area contributed by atoms with Crippen molar-refractivity contribution < 1.29 is 9.90 Å². The van der Waals surface area contributed by atoms with Crippen LogP contribution in [0.15, 0.2) is 30.5 Å². The zero-order valence-corrected chi connectivity index (χ0v) is 11.1. The van der Waals surface area contributed by atoms with Gasteiger partial charge in [-0.25, -0.2) is 0 Å². The molecular formula is C15H20N2O2. The number of benzene rings is 1. The quantitative estimate of drug-likeness (QED) is 0.746. The van der Waals surface area contributed by atoms with Gasteiger partial charge in [-0.1, -0.05) is 31.5 Å². The number of rotatable bonds is 6. The van der Waals surface area contributed by atoms with E-state index in [0.29, 0.717) is 18.0 Å². The Hall–Kier alpha value is -1.81. The Balaban J connectivity index is 2.04. The third-order valence-electron chi connectivity index (χ3n) is 3.50. The van der Waals surface area contributed by atoms with Crippen LogP contribution in [0.5, 0.6) is 0 Å². The minimum Gasteiger partial charge on any atom is -0.396 e. The van der Waals surface area contributed by atoms with Crippen molar-refractivity contribution in [3.05, 3.63) is 36.0 Å². The Morgan fingerprint density at radius 2 is 2.21 bits per heavy atom. The number of fused-ring (bicyclic) bond motifs is 1. The normalized spacial score (nSPS) is 12.5. The first-order chi connectivity index (χ1) is 9.26. The molecule has 0 aliphatic rings. The van der Waals surface area contributed by atoms with Gasteiger partial charge in [-0.15, -0.1) is 0 Å². The van der Waals surface area contributed by atoms with Crippen LogP contribution in [0.1, 0.15) is 30.1 Å². The first-order valence-corrected chi connectivity index (χ1v) is 6.71. The molecule has 19 heavy (non-hydrogen) atoms. The van der Waals surface area contributed by atoms with Gasteiger partial charge in [0.15, 0.2) is 0 Å². The molecule has 1 heterocycles. The van der Waals surface area contributed by atoms with Gasteiger partial charge >= 0.3 is 0 Å². The van der Waals surface area contributed by atoms with Crippen LogP contribution < -0.4 is 5.32 Å². The maximum absolute atomic E-state index is 12.2. The van der Waals surface area contributed by atoms with Crippen molar-refractivity contribution in [3.8, 4) is 0 Å². The second-order valence-electron chi connectivity index (χ2n) is 4.74. The van der Waals surface area contributed by atoms with E-state index in [9.17, 15) is 4.79 Å². The molecule has 1 atom stereocenters. The van der Waals surface area contributed by atoms with Crippen molar-refractivity contribution in [1.29, 1.82) is 0 Å². The average molecular weight is 260 g/mol. The lowest BCUT2D eigenvalue weighted by Crippen LogP contribution is -2.29. The molecule has 3 N–H and O–H groups in total. The first-order valence-electron chi connectivity index (χ1n) is 6.71. The smallest absolute Gasteiger partial charge is 0.253 e. The maximum atomic E-state index is 12.2. The molecule has 1 aromatic carbocycles. The van der Waals surface area contributed by atoms with E-state index in [1.54, 1.807) is 6.20 Å². The fraction of sp³-hybridized carbons (Fsp3) is 0.400. The monoisotopic (exact) mass is 260 g/mol. The van der Waals surface area contributed by atoms with Crippen molar-refractivity contribution in [3.63, 3.8) is 0 Å². The second-order valence-corrected chi connectivity index (χ2v) is 4.74. The fourth-order valence-electron chi connectivity index (χ4n) is 2.22. The number of carbonyl (C=O) groups excluding carboxylic acids is 1. The number of amides is 1. The SMILES string of the molecule is CCC(CCO)CNC(=O)c1c[nH]c2ccccc12. The van der Waals surface area contributed by atoms with E-state index in [1.165, 1.54) is 0 Å². The highest BCUT2D eigenvalue weighted by Crippen LogP contribution is 2.17. The zero-order chi connectivity index (χ0) is 13.7. The number of aliphatic hydroxyl groups excluding tert-OH is 1. The number of hydrogen-bond acceptors (Lipinski definition) is 2. The number of nitrogens with one attached hydrogen (secondary N) is 2. The number of para-hydroxylation sites is 1. The summed E-state index contributed by atoms with van der Waals surface area (Å²) < 4.78 is 0.